The Balaban J connectivity index is 1.29. The van der Waals surface area contributed by atoms with Gasteiger partial charge in [0, 0.05) is 46.9 Å². The van der Waals surface area contributed by atoms with Crippen LogP contribution in [0.1, 0.15) is 10.4 Å². The summed E-state index contributed by atoms with van der Waals surface area (Å²) >= 11 is 0. The minimum Gasteiger partial charge on any atom is -0.360 e. The average Bonchev–Trinajstić information content (AvgIpc) is 3.46. The molecule has 8 nitrogen and oxygen atoms in total. The second-order valence-electron chi connectivity index (χ2n) is 6.64. The van der Waals surface area contributed by atoms with Crippen LogP contribution in [0.2, 0.25) is 0 Å². The highest BCUT2D eigenvalue weighted by Gasteiger charge is 2.12. The molecule has 8 heteroatoms. The van der Waals surface area contributed by atoms with Crippen molar-refractivity contribution in [3.8, 4) is 5.82 Å². The van der Waals surface area contributed by atoms with Crippen molar-refractivity contribution < 1.29 is 4.79 Å². The topological polar surface area (TPSA) is 101 Å². The first-order valence-corrected chi connectivity index (χ1v) is 9.31. The van der Waals surface area contributed by atoms with Crippen LogP contribution < -0.4 is 10.6 Å². The molecule has 30 heavy (non-hydrogen) atoms. The number of carbonyl (C=O) groups excluding carboxylic acids is 1. The van der Waals surface area contributed by atoms with Crippen LogP contribution in [0.5, 0.6) is 0 Å². The Labute approximate surface area is 171 Å². The smallest absolute Gasteiger partial charge is 0.257 e. The monoisotopic (exact) mass is 395 g/mol. The van der Waals surface area contributed by atoms with E-state index < -0.39 is 0 Å². The number of amides is 1. The van der Waals surface area contributed by atoms with Gasteiger partial charge in [-0.1, -0.05) is 18.2 Å². The maximum atomic E-state index is 12.6. The van der Waals surface area contributed by atoms with Gasteiger partial charge in [-0.15, -0.1) is 0 Å². The third kappa shape index (κ3) is 3.49. The lowest BCUT2D eigenvalue weighted by atomic mass is 10.1. The molecule has 0 spiro atoms. The van der Waals surface area contributed by atoms with Crippen LogP contribution in [0.3, 0.4) is 0 Å². The van der Waals surface area contributed by atoms with E-state index in [0.717, 1.165) is 16.6 Å². The molecule has 0 saturated carbocycles. The van der Waals surface area contributed by atoms with Gasteiger partial charge in [-0.2, -0.15) is 0 Å². The van der Waals surface area contributed by atoms with E-state index in [1.54, 1.807) is 23.3 Å². The number of fused-ring (bicyclic) bond motifs is 1. The summed E-state index contributed by atoms with van der Waals surface area (Å²) in [6, 6.07) is 17.0. The van der Waals surface area contributed by atoms with E-state index in [1.807, 2.05) is 60.8 Å². The van der Waals surface area contributed by atoms with Crippen molar-refractivity contribution in [3.63, 3.8) is 0 Å². The summed E-state index contributed by atoms with van der Waals surface area (Å²) in [5, 5.41) is 7.06. The van der Waals surface area contributed by atoms with Gasteiger partial charge in [0.25, 0.3) is 5.91 Å². The normalized spacial score (nSPS) is 10.8. The third-order valence-corrected chi connectivity index (χ3v) is 4.67. The molecule has 5 rings (SSSR count). The largest absolute Gasteiger partial charge is 0.360 e. The molecule has 0 atom stereocenters. The molecule has 0 fully saturated rings. The lowest BCUT2D eigenvalue weighted by molar-refractivity contribution is 0.102. The number of H-pyrrole nitrogens is 1. The van der Waals surface area contributed by atoms with E-state index in [-0.39, 0.29) is 5.91 Å². The van der Waals surface area contributed by atoms with Crippen LogP contribution >= 0.6 is 0 Å². The van der Waals surface area contributed by atoms with Gasteiger partial charge < -0.3 is 15.6 Å². The van der Waals surface area contributed by atoms with E-state index in [1.165, 1.54) is 6.33 Å². The lowest BCUT2D eigenvalue weighted by Crippen LogP contribution is -2.11. The molecule has 5 aromatic rings. The highest BCUT2D eigenvalue weighted by Crippen LogP contribution is 2.21. The van der Waals surface area contributed by atoms with Gasteiger partial charge in [0.05, 0.1) is 5.56 Å². The zero-order chi connectivity index (χ0) is 20.3. The predicted octanol–water partition coefficient (Wildman–Crippen LogP) is 4.14. The Morgan fingerprint density at radius 1 is 1.00 bits per heavy atom. The number of aromatic amines is 1. The van der Waals surface area contributed by atoms with E-state index in [9.17, 15) is 4.79 Å². The number of para-hydroxylation sites is 1. The van der Waals surface area contributed by atoms with Crippen molar-refractivity contribution in [3.05, 3.63) is 91.4 Å². The van der Waals surface area contributed by atoms with Crippen LogP contribution in [0.25, 0.3) is 16.7 Å². The zero-order valence-corrected chi connectivity index (χ0v) is 15.8. The first kappa shape index (κ1) is 17.6. The Bertz CT molecular complexity index is 1310. The van der Waals surface area contributed by atoms with Crippen LogP contribution in [-0.2, 0) is 0 Å². The summed E-state index contributed by atoms with van der Waals surface area (Å²) in [6.07, 6.45) is 8.41. The van der Waals surface area contributed by atoms with Crippen molar-refractivity contribution in [2.75, 3.05) is 10.6 Å². The second-order valence-corrected chi connectivity index (χ2v) is 6.64. The minimum atomic E-state index is -0.158. The molecular weight excluding hydrogens is 378 g/mol. The fourth-order valence-corrected chi connectivity index (χ4v) is 3.19. The molecule has 0 aliphatic rings. The highest BCUT2D eigenvalue weighted by atomic mass is 16.1. The summed E-state index contributed by atoms with van der Waals surface area (Å²) in [5.41, 5.74) is 3.09. The number of benzene rings is 2. The number of rotatable bonds is 5. The number of aromatic nitrogens is 5. The summed E-state index contributed by atoms with van der Waals surface area (Å²) in [7, 11) is 0. The van der Waals surface area contributed by atoms with Crippen molar-refractivity contribution in [1.82, 2.24) is 24.5 Å². The minimum absolute atomic E-state index is 0.158. The van der Waals surface area contributed by atoms with Crippen LogP contribution in [0.4, 0.5) is 17.2 Å². The molecule has 0 radical (unpaired) electrons. The maximum Gasteiger partial charge on any atom is 0.257 e. The van der Waals surface area contributed by atoms with Gasteiger partial charge in [-0.25, -0.2) is 15.0 Å². The molecular formula is C22H17N7O. The van der Waals surface area contributed by atoms with Crippen LogP contribution in [0, 0.1) is 0 Å². The Kier molecular flexibility index (Phi) is 4.41. The van der Waals surface area contributed by atoms with E-state index in [0.29, 0.717) is 22.9 Å². The molecule has 3 heterocycles. The first-order chi connectivity index (χ1) is 14.8. The molecule has 0 aliphatic heterocycles. The number of nitrogens with zero attached hydrogens (tertiary/aromatic N) is 4. The fraction of sp³-hybridized carbons (Fsp3) is 0. The number of imidazole rings is 1. The number of anilines is 3. The molecule has 0 saturated heterocycles. The standard InChI is InChI=1S/C22H17N7O/c30-22(18-12-24-19-4-2-1-3-17(18)19)28-16-7-5-15(6-8-16)27-20-11-21(26-13-25-20)29-10-9-23-14-29/h1-14,24H,(H,28,30)(H,25,26,27). The van der Waals surface area contributed by atoms with Crippen LogP contribution in [-0.4, -0.2) is 30.4 Å². The molecule has 0 bridgehead atoms. The highest BCUT2D eigenvalue weighted by molar-refractivity contribution is 6.12. The Hall–Kier alpha value is -4.46. The van der Waals surface area contributed by atoms with Crippen LogP contribution in [0.15, 0.2) is 85.8 Å². The van der Waals surface area contributed by atoms with E-state index in [4.69, 9.17) is 0 Å². The van der Waals surface area contributed by atoms with Gasteiger partial charge in [0.1, 0.15) is 24.3 Å². The molecule has 0 unspecified atom stereocenters. The fourth-order valence-electron chi connectivity index (χ4n) is 3.19. The first-order valence-electron chi connectivity index (χ1n) is 9.31. The number of nitrogens with one attached hydrogen (secondary N) is 3. The zero-order valence-electron chi connectivity index (χ0n) is 15.8. The van der Waals surface area contributed by atoms with Gasteiger partial charge in [0.2, 0.25) is 0 Å². The molecule has 146 valence electrons. The van der Waals surface area contributed by atoms with Gasteiger partial charge in [0.15, 0.2) is 0 Å². The van der Waals surface area contributed by atoms with Crippen molar-refractivity contribution in [2.24, 2.45) is 0 Å². The van der Waals surface area contributed by atoms with Gasteiger partial charge >= 0.3 is 0 Å². The predicted molar refractivity (Wildman–Crippen MR) is 115 cm³/mol. The molecule has 1 amide bonds. The lowest BCUT2D eigenvalue weighted by Gasteiger charge is -2.09. The summed E-state index contributed by atoms with van der Waals surface area (Å²) < 4.78 is 1.80. The summed E-state index contributed by atoms with van der Waals surface area (Å²) in [6.45, 7) is 0. The summed E-state index contributed by atoms with van der Waals surface area (Å²) in [5.74, 6) is 1.21. The van der Waals surface area contributed by atoms with E-state index in [2.05, 4.69) is 30.6 Å². The molecule has 0 aliphatic carbocycles. The van der Waals surface area contributed by atoms with Crippen molar-refractivity contribution in [2.45, 2.75) is 0 Å². The van der Waals surface area contributed by atoms with Gasteiger partial charge in [-0.3, -0.25) is 9.36 Å². The summed E-state index contributed by atoms with van der Waals surface area (Å²) in [4.78, 5) is 28.3. The maximum absolute atomic E-state index is 12.6. The number of hydrogen-bond acceptors (Lipinski definition) is 5. The Morgan fingerprint density at radius 3 is 2.67 bits per heavy atom. The van der Waals surface area contributed by atoms with Gasteiger partial charge in [-0.05, 0) is 30.3 Å². The number of carbonyl (C=O) groups is 1. The quantitative estimate of drug-likeness (QED) is 0.415. The third-order valence-electron chi connectivity index (χ3n) is 4.67. The molecule has 3 aromatic heterocycles. The molecule has 2 aromatic carbocycles. The van der Waals surface area contributed by atoms with E-state index >= 15 is 0 Å². The number of hydrogen-bond donors (Lipinski definition) is 3. The van der Waals surface area contributed by atoms with Crippen molar-refractivity contribution >= 4 is 34.0 Å². The van der Waals surface area contributed by atoms with Crippen molar-refractivity contribution in [1.29, 1.82) is 0 Å². The average molecular weight is 395 g/mol. The second kappa shape index (κ2) is 7.51. The SMILES string of the molecule is O=C(Nc1ccc(Nc2cc(-n3ccnc3)ncn2)cc1)c1c[nH]c2ccccc12. The Morgan fingerprint density at radius 2 is 1.83 bits per heavy atom. The molecule has 3 N–H and O–H groups in total.